The maximum Gasteiger partial charge on any atom is 0.0166 e. The van der Waals surface area contributed by atoms with Crippen LogP contribution in [0.25, 0.3) is 0 Å². The van der Waals surface area contributed by atoms with Crippen LogP contribution in [0, 0.1) is 0 Å². The molecule has 0 aliphatic carbocycles. The first kappa shape index (κ1) is 12.3. The molecule has 0 saturated carbocycles. The largest absolute Gasteiger partial charge is 0.313 e. The van der Waals surface area contributed by atoms with Crippen LogP contribution in [-0.4, -0.2) is 29.8 Å². The van der Waals surface area contributed by atoms with E-state index in [1.165, 1.54) is 41.5 Å². The highest BCUT2D eigenvalue weighted by Crippen LogP contribution is 2.18. The summed E-state index contributed by atoms with van der Waals surface area (Å²) in [4.78, 5) is 1.39. The fraction of sp³-hybridized carbons (Fsp3) is 0.538. The normalized spacial score (nSPS) is 20.1. The maximum atomic E-state index is 3.63. The molecule has 0 spiro atoms. The highest BCUT2D eigenvalue weighted by Gasteiger charge is 2.13. The molecule has 1 atom stereocenters. The summed E-state index contributed by atoms with van der Waals surface area (Å²) < 4.78 is 0. The summed E-state index contributed by atoms with van der Waals surface area (Å²) in [6, 6.07) is 11.4. The second-order valence-corrected chi connectivity index (χ2v) is 6.35. The summed E-state index contributed by atoms with van der Waals surface area (Å²) in [5.41, 5.74) is 0. The summed E-state index contributed by atoms with van der Waals surface area (Å²) in [6.45, 7) is 1.17. The van der Waals surface area contributed by atoms with Crippen LogP contribution in [0.5, 0.6) is 0 Å². The second kappa shape index (κ2) is 7.25. The maximum absolute atomic E-state index is 3.63. The van der Waals surface area contributed by atoms with E-state index in [2.05, 4.69) is 47.4 Å². The van der Waals surface area contributed by atoms with E-state index < -0.39 is 0 Å². The van der Waals surface area contributed by atoms with Crippen molar-refractivity contribution < 1.29 is 0 Å². The van der Waals surface area contributed by atoms with Crippen LogP contribution in [0.4, 0.5) is 0 Å². The van der Waals surface area contributed by atoms with Gasteiger partial charge in [-0.2, -0.15) is 11.8 Å². The first-order chi connectivity index (χ1) is 7.95. The van der Waals surface area contributed by atoms with Gasteiger partial charge in [0.15, 0.2) is 0 Å². The van der Waals surface area contributed by atoms with E-state index in [0.717, 1.165) is 6.04 Å². The fourth-order valence-electron chi connectivity index (χ4n) is 1.78. The Bertz CT molecular complexity index is 283. The van der Waals surface area contributed by atoms with Gasteiger partial charge in [0.2, 0.25) is 0 Å². The predicted octanol–water partition coefficient (Wildman–Crippen LogP) is 3.26. The van der Waals surface area contributed by atoms with Gasteiger partial charge in [-0.05, 0) is 43.0 Å². The van der Waals surface area contributed by atoms with Gasteiger partial charge in [0.05, 0.1) is 0 Å². The van der Waals surface area contributed by atoms with Crippen molar-refractivity contribution in [1.29, 1.82) is 0 Å². The Hall–Kier alpha value is -0.120. The van der Waals surface area contributed by atoms with Crippen molar-refractivity contribution in [3.63, 3.8) is 0 Å². The van der Waals surface area contributed by atoms with E-state index in [1.54, 1.807) is 0 Å². The van der Waals surface area contributed by atoms with Gasteiger partial charge in [0, 0.05) is 16.7 Å². The van der Waals surface area contributed by atoms with Crippen molar-refractivity contribution in [2.24, 2.45) is 0 Å². The summed E-state index contributed by atoms with van der Waals surface area (Å²) in [6.07, 6.45) is 2.62. The zero-order valence-corrected chi connectivity index (χ0v) is 11.2. The minimum Gasteiger partial charge on any atom is -0.313 e. The Morgan fingerprint density at radius 1 is 1.31 bits per heavy atom. The van der Waals surface area contributed by atoms with Crippen molar-refractivity contribution in [1.82, 2.24) is 5.32 Å². The van der Waals surface area contributed by atoms with Gasteiger partial charge in [0.25, 0.3) is 0 Å². The van der Waals surface area contributed by atoms with Crippen LogP contribution in [0.1, 0.15) is 12.8 Å². The highest BCUT2D eigenvalue weighted by atomic mass is 32.2. The third-order valence-electron chi connectivity index (χ3n) is 2.70. The molecule has 1 saturated heterocycles. The van der Waals surface area contributed by atoms with Gasteiger partial charge in [-0.15, -0.1) is 11.8 Å². The molecule has 1 aromatic carbocycles. The summed E-state index contributed by atoms with van der Waals surface area (Å²) in [7, 11) is 0. The number of rotatable bonds is 6. The van der Waals surface area contributed by atoms with Crippen LogP contribution in [-0.2, 0) is 0 Å². The average molecular weight is 253 g/mol. The fourth-order valence-corrected chi connectivity index (χ4v) is 3.84. The van der Waals surface area contributed by atoms with Crippen molar-refractivity contribution in [3.8, 4) is 0 Å². The zero-order chi connectivity index (χ0) is 11.1. The molecule has 2 rings (SSSR count). The van der Waals surface area contributed by atoms with Crippen molar-refractivity contribution in [2.45, 2.75) is 23.8 Å². The number of nitrogens with one attached hydrogen (secondary N) is 1. The molecule has 0 aromatic heterocycles. The van der Waals surface area contributed by atoms with Crippen molar-refractivity contribution in [3.05, 3.63) is 30.3 Å². The van der Waals surface area contributed by atoms with Crippen LogP contribution in [0.3, 0.4) is 0 Å². The minimum atomic E-state index is 0.784. The van der Waals surface area contributed by atoms with Gasteiger partial charge in [-0.25, -0.2) is 0 Å². The molecule has 0 bridgehead atoms. The first-order valence-electron chi connectivity index (χ1n) is 5.94. The van der Waals surface area contributed by atoms with Crippen LogP contribution < -0.4 is 5.32 Å². The van der Waals surface area contributed by atoms with Gasteiger partial charge in [-0.1, -0.05) is 18.2 Å². The first-order valence-corrected chi connectivity index (χ1v) is 8.08. The topological polar surface area (TPSA) is 12.0 Å². The Morgan fingerprint density at radius 2 is 2.19 bits per heavy atom. The van der Waals surface area contributed by atoms with E-state index >= 15 is 0 Å². The molecule has 1 N–H and O–H groups in total. The monoisotopic (exact) mass is 253 g/mol. The molecule has 88 valence electrons. The van der Waals surface area contributed by atoms with Crippen molar-refractivity contribution >= 4 is 23.5 Å². The lowest BCUT2D eigenvalue weighted by molar-refractivity contribution is 0.557. The summed E-state index contributed by atoms with van der Waals surface area (Å²) >= 11 is 4.03. The Balaban J connectivity index is 1.52. The summed E-state index contributed by atoms with van der Waals surface area (Å²) in [5.74, 6) is 3.87. The molecular formula is C13H19NS2. The van der Waals surface area contributed by atoms with Gasteiger partial charge in [0.1, 0.15) is 0 Å². The molecular weight excluding hydrogens is 234 g/mol. The van der Waals surface area contributed by atoms with Gasteiger partial charge < -0.3 is 5.32 Å². The number of thioether (sulfide) groups is 2. The Labute approximate surface area is 107 Å². The zero-order valence-electron chi connectivity index (χ0n) is 9.52. The molecule has 16 heavy (non-hydrogen) atoms. The Morgan fingerprint density at radius 3 is 2.94 bits per heavy atom. The van der Waals surface area contributed by atoms with Crippen LogP contribution in [0.2, 0.25) is 0 Å². The molecule has 0 amide bonds. The van der Waals surface area contributed by atoms with E-state index in [1.807, 2.05) is 11.8 Å². The van der Waals surface area contributed by atoms with Crippen LogP contribution >= 0.6 is 23.5 Å². The molecule has 0 radical (unpaired) electrons. The molecule has 1 aliphatic rings. The smallest absolute Gasteiger partial charge is 0.0166 e. The predicted molar refractivity (Wildman–Crippen MR) is 75.5 cm³/mol. The third kappa shape index (κ3) is 4.40. The van der Waals surface area contributed by atoms with E-state index in [-0.39, 0.29) is 0 Å². The molecule has 1 aromatic rings. The molecule has 3 heteroatoms. The number of hydrogen-bond donors (Lipinski definition) is 1. The molecule has 1 unspecified atom stereocenters. The van der Waals surface area contributed by atoms with E-state index in [4.69, 9.17) is 0 Å². The van der Waals surface area contributed by atoms with Crippen LogP contribution in [0.15, 0.2) is 35.2 Å². The Kier molecular flexibility index (Phi) is 5.59. The SMILES string of the molecule is c1ccc(SCCCNC2CCSC2)cc1. The lowest BCUT2D eigenvalue weighted by Gasteiger charge is -2.10. The molecule has 1 nitrogen and oxygen atoms in total. The minimum absolute atomic E-state index is 0.784. The third-order valence-corrected chi connectivity index (χ3v) is 4.96. The molecule has 1 fully saturated rings. The molecule has 1 aliphatic heterocycles. The molecule has 1 heterocycles. The van der Waals surface area contributed by atoms with E-state index in [0.29, 0.717) is 0 Å². The lowest BCUT2D eigenvalue weighted by atomic mass is 10.2. The number of hydrogen-bond acceptors (Lipinski definition) is 3. The highest BCUT2D eigenvalue weighted by molar-refractivity contribution is 7.99. The van der Waals surface area contributed by atoms with Crippen molar-refractivity contribution in [2.75, 3.05) is 23.8 Å². The van der Waals surface area contributed by atoms with Gasteiger partial charge >= 0.3 is 0 Å². The average Bonchev–Trinajstić information content (AvgIpc) is 2.83. The number of benzene rings is 1. The van der Waals surface area contributed by atoms with E-state index in [9.17, 15) is 0 Å². The quantitative estimate of drug-likeness (QED) is 0.617. The van der Waals surface area contributed by atoms with Gasteiger partial charge in [-0.3, -0.25) is 0 Å². The standard InChI is InChI=1S/C13H19NS2/c1-2-5-13(6-3-1)16-9-4-8-14-12-7-10-15-11-12/h1-3,5-6,12,14H,4,7-11H2. The summed E-state index contributed by atoms with van der Waals surface area (Å²) in [5, 5.41) is 3.63. The lowest BCUT2D eigenvalue weighted by Crippen LogP contribution is -2.29. The second-order valence-electron chi connectivity index (χ2n) is 4.03.